The van der Waals surface area contributed by atoms with Crippen molar-refractivity contribution in [2.75, 3.05) is 5.32 Å². The second-order valence-corrected chi connectivity index (χ2v) is 7.28. The molecule has 0 fully saturated rings. The van der Waals surface area contributed by atoms with Crippen molar-refractivity contribution in [1.29, 1.82) is 0 Å². The van der Waals surface area contributed by atoms with Crippen LogP contribution in [0.5, 0.6) is 0 Å². The van der Waals surface area contributed by atoms with Gasteiger partial charge in [0.2, 0.25) is 0 Å². The summed E-state index contributed by atoms with van der Waals surface area (Å²) in [7, 11) is 1.24. The van der Waals surface area contributed by atoms with Crippen LogP contribution in [0, 0.1) is 23.3 Å². The van der Waals surface area contributed by atoms with Gasteiger partial charge in [-0.15, -0.1) is 0 Å². The van der Waals surface area contributed by atoms with E-state index in [9.17, 15) is 31.1 Å². The molecule has 152 valence electrons. The van der Waals surface area contributed by atoms with Crippen LogP contribution in [0.15, 0.2) is 36.4 Å². The van der Waals surface area contributed by atoms with Crippen molar-refractivity contribution in [1.82, 2.24) is 9.78 Å². The number of hydrogen-bond donors (Lipinski definition) is 1. The first-order chi connectivity index (χ1) is 13.5. The molecule has 0 aliphatic carbocycles. The second-order valence-electron chi connectivity index (χ2n) is 5.93. The molecule has 11 heteroatoms. The minimum Gasteiger partial charge on any atom is -0.322 e. The summed E-state index contributed by atoms with van der Waals surface area (Å²) in [6.07, 6.45) is 0. The van der Waals surface area contributed by atoms with Gasteiger partial charge in [-0.3, -0.25) is 9.48 Å². The summed E-state index contributed by atoms with van der Waals surface area (Å²) in [6.45, 7) is 0. The first-order valence-corrected chi connectivity index (χ1v) is 8.92. The number of hydrogen-bond acceptors (Lipinski definition) is 2. The summed E-state index contributed by atoms with van der Waals surface area (Å²) in [6, 6.07) is 4.55. The molecule has 0 spiro atoms. The zero-order valence-corrected chi connectivity index (χ0v) is 16.6. The van der Waals surface area contributed by atoms with Crippen molar-refractivity contribution in [2.45, 2.75) is 3.93 Å². The maximum Gasteiger partial charge on any atom is 0.339 e. The largest absolute Gasteiger partial charge is 0.339 e. The highest BCUT2D eigenvalue weighted by molar-refractivity contribution is 14.1. The van der Waals surface area contributed by atoms with E-state index in [2.05, 4.69) is 10.4 Å². The maximum atomic E-state index is 14.5. The fraction of sp³-hybridized carbons (Fsp3) is 0.111. The maximum absolute atomic E-state index is 14.5. The molecule has 1 aromatic heterocycles. The Kier molecular flexibility index (Phi) is 5.61. The Morgan fingerprint density at radius 1 is 1.03 bits per heavy atom. The lowest BCUT2D eigenvalue weighted by Gasteiger charge is -2.10. The third kappa shape index (κ3) is 4.38. The molecule has 3 rings (SSSR count). The fourth-order valence-corrected chi connectivity index (χ4v) is 2.87. The van der Waals surface area contributed by atoms with Gasteiger partial charge in [-0.05, 0) is 30.3 Å². The Morgan fingerprint density at radius 2 is 1.66 bits per heavy atom. The van der Waals surface area contributed by atoms with Crippen LogP contribution in [0.2, 0.25) is 0 Å². The normalized spacial score (nSPS) is 11.6. The minimum absolute atomic E-state index is 0.242. The molecule has 0 saturated carbocycles. The van der Waals surface area contributed by atoms with Crippen LogP contribution in [0.1, 0.15) is 16.1 Å². The van der Waals surface area contributed by atoms with Crippen molar-refractivity contribution < 1.29 is 31.1 Å². The van der Waals surface area contributed by atoms with Crippen LogP contribution >= 0.6 is 22.6 Å². The van der Waals surface area contributed by atoms with Crippen molar-refractivity contribution in [3.63, 3.8) is 0 Å². The van der Waals surface area contributed by atoms with Gasteiger partial charge in [0.05, 0.1) is 16.8 Å². The molecule has 0 unspecified atom stereocenters. The van der Waals surface area contributed by atoms with Gasteiger partial charge >= 0.3 is 3.93 Å². The third-order valence-electron chi connectivity index (χ3n) is 3.90. The Morgan fingerprint density at radius 3 is 2.17 bits per heavy atom. The van der Waals surface area contributed by atoms with E-state index in [-0.39, 0.29) is 11.4 Å². The number of carbonyl (C=O) groups excluding carboxylic acids is 1. The highest BCUT2D eigenvalue weighted by atomic mass is 127. The number of amides is 1. The summed E-state index contributed by atoms with van der Waals surface area (Å²) in [5.41, 5.74) is -2.43. The van der Waals surface area contributed by atoms with E-state index < -0.39 is 49.9 Å². The average molecular weight is 525 g/mol. The van der Waals surface area contributed by atoms with E-state index in [1.54, 1.807) is 0 Å². The van der Waals surface area contributed by atoms with Crippen LogP contribution in [-0.2, 0) is 11.0 Å². The summed E-state index contributed by atoms with van der Waals surface area (Å²) >= 11 is 0.840. The van der Waals surface area contributed by atoms with Gasteiger partial charge in [-0.2, -0.15) is 13.9 Å². The number of benzene rings is 2. The molecule has 0 bridgehead atoms. The van der Waals surface area contributed by atoms with Gasteiger partial charge in [-0.25, -0.2) is 17.6 Å². The molecule has 0 radical (unpaired) electrons. The average Bonchev–Trinajstić information content (AvgIpc) is 2.96. The van der Waals surface area contributed by atoms with Crippen molar-refractivity contribution in [3.05, 3.63) is 70.9 Å². The lowest BCUT2D eigenvalue weighted by molar-refractivity contribution is 0.102. The van der Waals surface area contributed by atoms with E-state index in [1.807, 2.05) is 0 Å². The summed E-state index contributed by atoms with van der Waals surface area (Å²) in [5.74, 6) is -5.42. The van der Waals surface area contributed by atoms with E-state index >= 15 is 0 Å². The van der Waals surface area contributed by atoms with E-state index in [4.69, 9.17) is 0 Å². The smallest absolute Gasteiger partial charge is 0.322 e. The Labute approximate surface area is 173 Å². The first-order valence-electron chi connectivity index (χ1n) is 7.84. The van der Waals surface area contributed by atoms with E-state index in [0.717, 1.165) is 57.6 Å². The molecule has 1 amide bonds. The molecular formula is C18H10F6IN3O. The number of nitrogens with one attached hydrogen (secondary N) is 1. The zero-order valence-electron chi connectivity index (χ0n) is 14.4. The number of aryl methyl sites for hydroxylation is 1. The number of nitrogens with zero attached hydrogens (tertiary/aromatic N) is 2. The number of carbonyl (C=O) groups is 1. The predicted molar refractivity (Wildman–Crippen MR) is 101 cm³/mol. The molecule has 1 heterocycles. The van der Waals surface area contributed by atoms with E-state index in [0.29, 0.717) is 6.07 Å². The lowest BCUT2D eigenvalue weighted by atomic mass is 10.1. The first kappa shape index (κ1) is 21.1. The van der Waals surface area contributed by atoms with Crippen molar-refractivity contribution in [2.24, 2.45) is 7.05 Å². The minimum atomic E-state index is -3.34. The number of aromatic nitrogens is 2. The van der Waals surface area contributed by atoms with Crippen LogP contribution in [0.3, 0.4) is 0 Å². The van der Waals surface area contributed by atoms with Gasteiger partial charge in [0.15, 0.2) is 0 Å². The standard InChI is InChI=1S/C18H10F6IN3O/c1-28-14(7-15(27-28)18(23,24)25)16-12(21)5-9(6-13(16)22)26-17(29)10-3-2-8(19)4-11(10)20/h2-7H,1H3,(H,26,29). The Balaban J connectivity index is 1.94. The number of anilines is 1. The van der Waals surface area contributed by atoms with E-state index in [1.165, 1.54) is 7.05 Å². The highest BCUT2D eigenvalue weighted by Crippen LogP contribution is 2.37. The van der Waals surface area contributed by atoms with Crippen LogP contribution in [0.4, 0.5) is 32.0 Å². The van der Waals surface area contributed by atoms with Gasteiger partial charge < -0.3 is 5.32 Å². The molecular weight excluding hydrogens is 515 g/mol. The summed E-state index contributed by atoms with van der Waals surface area (Å²) in [5, 5.41) is 5.65. The number of alkyl halides is 3. The molecule has 3 aromatic rings. The third-order valence-corrected chi connectivity index (χ3v) is 4.45. The fourth-order valence-electron chi connectivity index (χ4n) is 2.60. The molecule has 4 nitrogen and oxygen atoms in total. The molecule has 2 aromatic carbocycles. The monoisotopic (exact) mass is 525 g/mol. The van der Waals surface area contributed by atoms with Crippen molar-refractivity contribution in [3.8, 4) is 11.3 Å². The summed E-state index contributed by atoms with van der Waals surface area (Å²) < 4.78 is 80.0. The van der Waals surface area contributed by atoms with Crippen LogP contribution in [0.25, 0.3) is 11.3 Å². The predicted octanol–water partition coefficient (Wildman–Crippen LogP) is 5.38. The molecule has 0 aliphatic rings. The SMILES string of the molecule is Cn1nc(C(F)(F)I)cc1-c1c(F)cc(NC(=O)c2ccc(F)cc2F)cc1F. The number of rotatable bonds is 4. The van der Waals surface area contributed by atoms with Crippen molar-refractivity contribution >= 4 is 34.2 Å². The Hall–Kier alpha value is -2.57. The zero-order chi connectivity index (χ0) is 21.5. The molecule has 0 atom stereocenters. The number of halogens is 7. The molecule has 0 saturated heterocycles. The lowest BCUT2D eigenvalue weighted by Crippen LogP contribution is -2.14. The molecule has 1 N–H and O–H groups in total. The molecule has 0 aliphatic heterocycles. The quantitative estimate of drug-likeness (QED) is 0.283. The van der Waals surface area contributed by atoms with Gasteiger partial charge in [0.25, 0.3) is 5.91 Å². The molecule has 29 heavy (non-hydrogen) atoms. The summed E-state index contributed by atoms with van der Waals surface area (Å²) in [4.78, 5) is 12.1. The van der Waals surface area contributed by atoms with Gasteiger partial charge in [-0.1, -0.05) is 0 Å². The van der Waals surface area contributed by atoms with Crippen LogP contribution < -0.4 is 5.32 Å². The highest BCUT2D eigenvalue weighted by Gasteiger charge is 2.32. The topological polar surface area (TPSA) is 46.9 Å². The van der Waals surface area contributed by atoms with Gasteiger partial charge in [0.1, 0.15) is 29.0 Å². The second kappa shape index (κ2) is 7.69. The Bertz CT molecular complexity index is 1090. The van der Waals surface area contributed by atoms with Gasteiger partial charge in [0, 0.05) is 41.4 Å². The van der Waals surface area contributed by atoms with Crippen LogP contribution in [-0.4, -0.2) is 15.7 Å².